The molecular formula is C24H25ClN6O2. The van der Waals surface area contributed by atoms with Crippen molar-refractivity contribution in [1.82, 2.24) is 14.4 Å². The van der Waals surface area contributed by atoms with Gasteiger partial charge in [0, 0.05) is 55.9 Å². The van der Waals surface area contributed by atoms with E-state index in [9.17, 15) is 5.11 Å². The number of imidazole rings is 1. The maximum atomic E-state index is 9.84. The Morgan fingerprint density at radius 3 is 2.48 bits per heavy atom. The summed E-state index contributed by atoms with van der Waals surface area (Å²) in [6.07, 6.45) is 5.79. The first-order valence-electron chi connectivity index (χ1n) is 10.7. The second-order valence-corrected chi connectivity index (χ2v) is 8.40. The minimum Gasteiger partial charge on any atom is -0.495 e. The summed E-state index contributed by atoms with van der Waals surface area (Å²) in [4.78, 5) is 13.7. The van der Waals surface area contributed by atoms with E-state index in [-0.39, 0.29) is 6.61 Å². The standard InChI is InChI=1S/C24H25ClN6O2/c1-33-22-10-16(15-32)19(12-20(22)25)21-14-31-5-4-17(11-24(31)28-21)29-6-8-30(9-7-29)18-2-3-23(26)27-13-18/h2-5,10-14,32H,6-9,15H2,1H3,(H2,26,27). The molecule has 0 bridgehead atoms. The third kappa shape index (κ3) is 4.15. The molecule has 0 amide bonds. The summed E-state index contributed by atoms with van der Waals surface area (Å²) >= 11 is 6.34. The van der Waals surface area contributed by atoms with E-state index in [2.05, 4.69) is 26.9 Å². The zero-order valence-electron chi connectivity index (χ0n) is 18.3. The number of hydrogen-bond acceptors (Lipinski definition) is 7. The summed E-state index contributed by atoms with van der Waals surface area (Å²) < 4.78 is 7.26. The number of aliphatic hydroxyl groups excluding tert-OH is 1. The van der Waals surface area contributed by atoms with Gasteiger partial charge in [-0.25, -0.2) is 9.97 Å². The third-order valence-electron chi connectivity index (χ3n) is 6.05. The Morgan fingerprint density at radius 1 is 1.06 bits per heavy atom. The zero-order valence-corrected chi connectivity index (χ0v) is 19.0. The maximum absolute atomic E-state index is 9.84. The van der Waals surface area contributed by atoms with Crippen LogP contribution in [0, 0.1) is 0 Å². The molecule has 4 aromatic rings. The minimum absolute atomic E-state index is 0.129. The first-order chi connectivity index (χ1) is 16.1. The van der Waals surface area contributed by atoms with Crippen LogP contribution in [0.5, 0.6) is 5.75 Å². The van der Waals surface area contributed by atoms with Crippen LogP contribution in [-0.4, -0.2) is 52.8 Å². The number of nitrogen functional groups attached to an aromatic ring is 1. The van der Waals surface area contributed by atoms with Crippen molar-refractivity contribution < 1.29 is 9.84 Å². The smallest absolute Gasteiger partial charge is 0.139 e. The fraction of sp³-hybridized carbons (Fsp3) is 0.250. The van der Waals surface area contributed by atoms with Gasteiger partial charge in [0.15, 0.2) is 0 Å². The average Bonchev–Trinajstić information content (AvgIpc) is 3.28. The molecule has 1 aliphatic heterocycles. The molecule has 0 saturated carbocycles. The predicted molar refractivity (Wildman–Crippen MR) is 131 cm³/mol. The van der Waals surface area contributed by atoms with Crippen LogP contribution < -0.4 is 20.3 Å². The highest BCUT2D eigenvalue weighted by atomic mass is 35.5. The van der Waals surface area contributed by atoms with Gasteiger partial charge in [-0.15, -0.1) is 0 Å². The van der Waals surface area contributed by atoms with Crippen LogP contribution in [0.2, 0.25) is 5.02 Å². The molecule has 0 aliphatic carbocycles. The van der Waals surface area contributed by atoms with E-state index in [4.69, 9.17) is 27.1 Å². The van der Waals surface area contributed by atoms with Crippen LogP contribution in [0.15, 0.2) is 55.0 Å². The molecular weight excluding hydrogens is 440 g/mol. The second kappa shape index (κ2) is 8.80. The molecule has 0 unspecified atom stereocenters. The molecule has 5 rings (SSSR count). The Kier molecular flexibility index (Phi) is 5.70. The number of pyridine rings is 2. The molecule has 0 atom stereocenters. The largest absolute Gasteiger partial charge is 0.495 e. The van der Waals surface area contributed by atoms with E-state index in [1.165, 1.54) is 0 Å². The lowest BCUT2D eigenvalue weighted by Crippen LogP contribution is -2.46. The van der Waals surface area contributed by atoms with Gasteiger partial charge in [0.25, 0.3) is 0 Å². The third-order valence-corrected chi connectivity index (χ3v) is 6.34. The molecule has 0 radical (unpaired) electrons. The molecule has 3 aromatic heterocycles. The number of rotatable bonds is 5. The van der Waals surface area contributed by atoms with Gasteiger partial charge in [-0.1, -0.05) is 11.6 Å². The molecule has 4 heterocycles. The van der Waals surface area contributed by atoms with Crippen LogP contribution >= 0.6 is 11.6 Å². The molecule has 0 spiro atoms. The van der Waals surface area contributed by atoms with E-state index >= 15 is 0 Å². The van der Waals surface area contributed by atoms with Gasteiger partial charge in [-0.2, -0.15) is 0 Å². The molecule has 1 aromatic carbocycles. The zero-order chi connectivity index (χ0) is 22.9. The minimum atomic E-state index is -0.129. The summed E-state index contributed by atoms with van der Waals surface area (Å²) in [5, 5.41) is 10.3. The Hall–Kier alpha value is -3.49. The number of halogens is 1. The van der Waals surface area contributed by atoms with Crippen molar-refractivity contribution in [3.05, 3.63) is 65.6 Å². The highest BCUT2D eigenvalue weighted by Crippen LogP contribution is 2.34. The van der Waals surface area contributed by atoms with Crippen LogP contribution in [0.25, 0.3) is 16.9 Å². The highest BCUT2D eigenvalue weighted by Gasteiger charge is 2.19. The van der Waals surface area contributed by atoms with Crippen molar-refractivity contribution >= 4 is 34.4 Å². The average molecular weight is 465 g/mol. The number of methoxy groups -OCH3 is 1. The van der Waals surface area contributed by atoms with Crippen molar-refractivity contribution in [2.45, 2.75) is 6.61 Å². The fourth-order valence-electron chi connectivity index (χ4n) is 4.23. The van der Waals surface area contributed by atoms with Crippen molar-refractivity contribution in [2.75, 3.05) is 48.8 Å². The van der Waals surface area contributed by atoms with E-state index in [1.54, 1.807) is 19.2 Å². The molecule has 1 fully saturated rings. The van der Waals surface area contributed by atoms with Crippen molar-refractivity contribution in [3.63, 3.8) is 0 Å². The molecule has 33 heavy (non-hydrogen) atoms. The van der Waals surface area contributed by atoms with Crippen molar-refractivity contribution in [1.29, 1.82) is 0 Å². The Morgan fingerprint density at radius 2 is 1.82 bits per heavy atom. The lowest BCUT2D eigenvalue weighted by Gasteiger charge is -2.37. The van der Waals surface area contributed by atoms with E-state index in [0.29, 0.717) is 22.2 Å². The number of aliphatic hydroxyl groups is 1. The number of anilines is 3. The highest BCUT2D eigenvalue weighted by molar-refractivity contribution is 6.32. The molecule has 9 heteroatoms. The second-order valence-electron chi connectivity index (χ2n) is 7.99. The number of nitrogens with zero attached hydrogens (tertiary/aromatic N) is 5. The van der Waals surface area contributed by atoms with Crippen molar-refractivity contribution in [3.8, 4) is 17.0 Å². The van der Waals surface area contributed by atoms with Gasteiger partial charge in [-0.3, -0.25) is 0 Å². The summed E-state index contributed by atoms with van der Waals surface area (Å²) in [7, 11) is 1.56. The number of piperazine rings is 1. The number of hydrogen-bond donors (Lipinski definition) is 2. The Bertz CT molecular complexity index is 1280. The van der Waals surface area contributed by atoms with Crippen molar-refractivity contribution in [2.24, 2.45) is 0 Å². The molecule has 3 N–H and O–H groups in total. The maximum Gasteiger partial charge on any atom is 0.139 e. The monoisotopic (exact) mass is 464 g/mol. The van der Waals surface area contributed by atoms with Crippen LogP contribution in [0.1, 0.15) is 5.56 Å². The van der Waals surface area contributed by atoms with Crippen LogP contribution in [0.4, 0.5) is 17.2 Å². The van der Waals surface area contributed by atoms with E-state index in [1.807, 2.05) is 35.1 Å². The summed E-state index contributed by atoms with van der Waals surface area (Å²) in [6, 6.07) is 11.6. The molecule has 8 nitrogen and oxygen atoms in total. The quantitative estimate of drug-likeness (QED) is 0.467. The summed E-state index contributed by atoms with van der Waals surface area (Å²) in [5.41, 5.74) is 11.0. The number of nitrogens with two attached hydrogens (primary N) is 1. The van der Waals surface area contributed by atoms with Gasteiger partial charge < -0.3 is 29.8 Å². The van der Waals surface area contributed by atoms with Gasteiger partial charge >= 0.3 is 0 Å². The van der Waals surface area contributed by atoms with Gasteiger partial charge in [0.1, 0.15) is 17.2 Å². The van der Waals surface area contributed by atoms with E-state index < -0.39 is 0 Å². The normalized spacial score (nSPS) is 14.2. The molecule has 1 aliphatic rings. The number of benzene rings is 1. The fourth-order valence-corrected chi connectivity index (χ4v) is 4.47. The van der Waals surface area contributed by atoms with E-state index in [0.717, 1.165) is 54.5 Å². The summed E-state index contributed by atoms with van der Waals surface area (Å²) in [6.45, 7) is 3.48. The first kappa shape index (κ1) is 21.4. The number of ether oxygens (including phenoxy) is 1. The van der Waals surface area contributed by atoms with Crippen LogP contribution in [-0.2, 0) is 6.61 Å². The van der Waals surface area contributed by atoms with Crippen LogP contribution in [0.3, 0.4) is 0 Å². The molecule has 170 valence electrons. The first-order valence-corrected chi connectivity index (χ1v) is 11.1. The summed E-state index contributed by atoms with van der Waals surface area (Å²) in [5.74, 6) is 1.07. The lowest BCUT2D eigenvalue weighted by atomic mass is 10.1. The number of fused-ring (bicyclic) bond motifs is 1. The lowest BCUT2D eigenvalue weighted by molar-refractivity contribution is 0.281. The predicted octanol–water partition coefficient (Wildman–Crippen LogP) is 3.46. The van der Waals surface area contributed by atoms with Gasteiger partial charge in [-0.05, 0) is 35.9 Å². The Labute approximate surface area is 196 Å². The van der Waals surface area contributed by atoms with Gasteiger partial charge in [0.2, 0.25) is 0 Å². The number of aromatic nitrogens is 3. The Balaban J connectivity index is 1.37. The molecule has 1 saturated heterocycles. The SMILES string of the molecule is COc1cc(CO)c(-c2cn3ccc(N4CCN(c5ccc(N)nc5)CC4)cc3n2)cc1Cl. The topological polar surface area (TPSA) is 92.2 Å². The van der Waals surface area contributed by atoms with Gasteiger partial charge in [0.05, 0.1) is 36.3 Å².